The van der Waals surface area contributed by atoms with Gasteiger partial charge in [0.1, 0.15) is 5.82 Å². The second-order valence-corrected chi connectivity index (χ2v) is 5.96. The minimum atomic E-state index is -4.58. The van der Waals surface area contributed by atoms with Gasteiger partial charge in [0.25, 0.3) is 0 Å². The molecule has 3 N–H and O–H groups in total. The first-order valence-corrected chi connectivity index (χ1v) is 6.23. The van der Waals surface area contributed by atoms with Crippen molar-refractivity contribution in [3.63, 3.8) is 0 Å². The van der Waals surface area contributed by atoms with E-state index in [0.29, 0.717) is 18.2 Å². The van der Waals surface area contributed by atoms with Crippen molar-refractivity contribution in [3.8, 4) is 0 Å². The zero-order valence-electron chi connectivity index (χ0n) is 11.6. The predicted octanol–water partition coefficient (Wildman–Crippen LogP) is 3.64. The minimum absolute atomic E-state index is 0.0122. The van der Waals surface area contributed by atoms with Crippen molar-refractivity contribution in [1.82, 2.24) is 0 Å². The van der Waals surface area contributed by atoms with E-state index in [1.54, 1.807) is 0 Å². The fourth-order valence-corrected chi connectivity index (χ4v) is 1.70. The zero-order valence-corrected chi connectivity index (χ0v) is 11.6. The smallest absolute Gasteiger partial charge is 0.388 e. The quantitative estimate of drug-likeness (QED) is 0.836. The Morgan fingerprint density at radius 2 is 1.75 bits per heavy atom. The molecular formula is C14H19F4NO. The molecule has 0 aliphatic heterocycles. The van der Waals surface area contributed by atoms with Crippen LogP contribution in [0.25, 0.3) is 0 Å². The van der Waals surface area contributed by atoms with Gasteiger partial charge in [-0.15, -0.1) is 0 Å². The fraction of sp³-hybridized carbons (Fsp3) is 0.571. The van der Waals surface area contributed by atoms with Crippen LogP contribution >= 0.6 is 0 Å². The molecule has 0 amide bonds. The number of aliphatic hydroxyl groups excluding tert-OH is 1. The first-order valence-electron chi connectivity index (χ1n) is 6.23. The van der Waals surface area contributed by atoms with Crippen molar-refractivity contribution < 1.29 is 22.7 Å². The maximum atomic E-state index is 13.6. The Balaban J connectivity index is 3.01. The van der Waals surface area contributed by atoms with E-state index in [0.717, 1.165) is 0 Å². The number of rotatable bonds is 3. The van der Waals surface area contributed by atoms with Crippen molar-refractivity contribution in [3.05, 3.63) is 35.1 Å². The summed E-state index contributed by atoms with van der Waals surface area (Å²) in [5.41, 5.74) is 4.16. The van der Waals surface area contributed by atoms with Crippen LogP contribution < -0.4 is 5.73 Å². The summed E-state index contributed by atoms with van der Waals surface area (Å²) in [6.07, 6.45) is -5.96. The molecule has 0 spiro atoms. The lowest BCUT2D eigenvalue weighted by Gasteiger charge is -2.29. The highest BCUT2D eigenvalue weighted by Crippen LogP contribution is 2.33. The molecule has 0 aliphatic rings. The van der Waals surface area contributed by atoms with Crippen molar-refractivity contribution in [2.24, 2.45) is 11.1 Å². The maximum absolute atomic E-state index is 13.6. The average molecular weight is 293 g/mol. The van der Waals surface area contributed by atoms with Crippen molar-refractivity contribution in [2.75, 3.05) is 0 Å². The molecule has 0 saturated carbocycles. The highest BCUT2D eigenvalue weighted by molar-refractivity contribution is 5.28. The maximum Gasteiger partial charge on any atom is 0.416 e. The molecule has 0 heterocycles. The minimum Gasteiger partial charge on any atom is -0.388 e. The summed E-state index contributed by atoms with van der Waals surface area (Å²) in [7, 11) is 0. The summed E-state index contributed by atoms with van der Waals surface area (Å²) in [6.45, 7) is 5.52. The molecular weight excluding hydrogens is 274 g/mol. The van der Waals surface area contributed by atoms with Gasteiger partial charge in [-0.3, -0.25) is 0 Å². The number of benzene rings is 1. The third kappa shape index (κ3) is 4.18. The molecule has 0 fully saturated rings. The molecule has 6 heteroatoms. The Kier molecular flexibility index (Phi) is 4.82. The van der Waals surface area contributed by atoms with Crippen LogP contribution in [0.3, 0.4) is 0 Å². The first kappa shape index (κ1) is 16.9. The SMILES string of the molecule is CC(C)(C)[C@@H](N)C[C@H](O)c1cc(C(F)(F)F)ccc1F. The molecule has 1 rings (SSSR count). The van der Waals surface area contributed by atoms with Gasteiger partial charge in [-0.25, -0.2) is 4.39 Å². The van der Waals surface area contributed by atoms with Crippen molar-refractivity contribution >= 4 is 0 Å². The fourth-order valence-electron chi connectivity index (χ4n) is 1.70. The highest BCUT2D eigenvalue weighted by Gasteiger charge is 2.32. The van der Waals surface area contributed by atoms with E-state index in [4.69, 9.17) is 5.73 Å². The number of alkyl halides is 3. The summed E-state index contributed by atoms with van der Waals surface area (Å²) < 4.78 is 51.3. The largest absolute Gasteiger partial charge is 0.416 e. The van der Waals surface area contributed by atoms with Gasteiger partial charge in [-0.05, 0) is 30.0 Å². The number of aliphatic hydroxyl groups is 1. The number of nitrogens with two attached hydrogens (primary N) is 1. The van der Waals surface area contributed by atoms with E-state index >= 15 is 0 Å². The van der Waals surface area contributed by atoms with Gasteiger partial charge in [0.2, 0.25) is 0 Å². The van der Waals surface area contributed by atoms with E-state index in [1.165, 1.54) is 0 Å². The van der Waals surface area contributed by atoms with Gasteiger partial charge < -0.3 is 10.8 Å². The molecule has 0 aromatic heterocycles. The second kappa shape index (κ2) is 5.69. The summed E-state index contributed by atoms with van der Waals surface area (Å²) in [4.78, 5) is 0. The normalized spacial score (nSPS) is 16.1. The van der Waals surface area contributed by atoms with Gasteiger partial charge >= 0.3 is 6.18 Å². The van der Waals surface area contributed by atoms with E-state index < -0.39 is 29.7 Å². The van der Waals surface area contributed by atoms with Crippen LogP contribution in [0.15, 0.2) is 18.2 Å². The number of hydrogen-bond donors (Lipinski definition) is 2. The number of hydrogen-bond acceptors (Lipinski definition) is 2. The molecule has 0 aliphatic carbocycles. The second-order valence-electron chi connectivity index (χ2n) is 5.96. The molecule has 0 unspecified atom stereocenters. The molecule has 20 heavy (non-hydrogen) atoms. The summed E-state index contributed by atoms with van der Waals surface area (Å²) in [5.74, 6) is -0.869. The van der Waals surface area contributed by atoms with Gasteiger partial charge in [0.05, 0.1) is 11.7 Å². The Bertz CT molecular complexity index is 465. The Hall–Kier alpha value is -1.14. The monoisotopic (exact) mass is 293 g/mol. The predicted molar refractivity (Wildman–Crippen MR) is 68.4 cm³/mol. The van der Waals surface area contributed by atoms with E-state index in [9.17, 15) is 22.7 Å². The van der Waals surface area contributed by atoms with Crippen LogP contribution in [0.2, 0.25) is 0 Å². The van der Waals surface area contributed by atoms with Gasteiger partial charge in [0.15, 0.2) is 0 Å². The molecule has 2 nitrogen and oxygen atoms in total. The van der Waals surface area contributed by atoms with Crippen molar-refractivity contribution in [2.45, 2.75) is 45.5 Å². The molecule has 2 atom stereocenters. The Labute approximate surface area is 115 Å². The van der Waals surface area contributed by atoms with Gasteiger partial charge in [-0.2, -0.15) is 13.2 Å². The highest BCUT2D eigenvalue weighted by atomic mass is 19.4. The Morgan fingerprint density at radius 3 is 2.20 bits per heavy atom. The zero-order chi connectivity index (χ0) is 15.7. The van der Waals surface area contributed by atoms with E-state index in [2.05, 4.69) is 0 Å². The summed E-state index contributed by atoms with van der Waals surface area (Å²) >= 11 is 0. The molecule has 1 aromatic rings. The first-order chi connectivity index (χ1) is 8.93. The van der Waals surface area contributed by atoms with Crippen LogP contribution in [0, 0.1) is 11.2 Å². The number of halogens is 4. The molecule has 114 valence electrons. The molecule has 0 bridgehead atoms. The summed E-state index contributed by atoms with van der Waals surface area (Å²) in [6, 6.07) is 1.53. The van der Waals surface area contributed by atoms with E-state index in [1.807, 2.05) is 20.8 Å². The average Bonchev–Trinajstić information content (AvgIpc) is 2.26. The van der Waals surface area contributed by atoms with Crippen LogP contribution in [-0.2, 0) is 6.18 Å². The van der Waals surface area contributed by atoms with Crippen LogP contribution in [0.4, 0.5) is 17.6 Å². The van der Waals surface area contributed by atoms with Gasteiger partial charge in [0, 0.05) is 11.6 Å². The topological polar surface area (TPSA) is 46.2 Å². The lowest BCUT2D eigenvalue weighted by atomic mass is 9.83. The molecule has 0 saturated heterocycles. The lowest BCUT2D eigenvalue weighted by molar-refractivity contribution is -0.137. The molecule has 1 aromatic carbocycles. The van der Waals surface area contributed by atoms with Gasteiger partial charge in [-0.1, -0.05) is 20.8 Å². The molecule has 0 radical (unpaired) electrons. The van der Waals surface area contributed by atoms with Crippen LogP contribution in [0.1, 0.15) is 44.4 Å². The lowest BCUT2D eigenvalue weighted by Crippen LogP contribution is -2.36. The van der Waals surface area contributed by atoms with Crippen LogP contribution in [-0.4, -0.2) is 11.1 Å². The van der Waals surface area contributed by atoms with Crippen molar-refractivity contribution in [1.29, 1.82) is 0 Å². The third-order valence-electron chi connectivity index (χ3n) is 3.27. The van der Waals surface area contributed by atoms with Crippen LogP contribution in [0.5, 0.6) is 0 Å². The van der Waals surface area contributed by atoms with E-state index in [-0.39, 0.29) is 17.4 Å². The Morgan fingerprint density at radius 1 is 1.20 bits per heavy atom. The third-order valence-corrected chi connectivity index (χ3v) is 3.27. The summed E-state index contributed by atoms with van der Waals surface area (Å²) in [5, 5.41) is 9.94. The standard InChI is InChI=1S/C14H19F4NO/c1-13(2,3)12(19)7-11(20)9-6-8(14(16,17)18)4-5-10(9)15/h4-6,11-12,20H,7,19H2,1-3H3/t11-,12-/m0/s1.